The lowest BCUT2D eigenvalue weighted by atomic mass is 9.79. The fraction of sp³-hybridized carbons (Fsp3) is 0.612. The average molecular weight is 1070 g/mol. The number of imidazole rings is 2. The van der Waals surface area contributed by atoms with Crippen molar-refractivity contribution in [2.75, 3.05) is 13.1 Å². The molecule has 6 rings (SSSR count). The lowest BCUT2D eigenvalue weighted by Crippen LogP contribution is -2.45. The van der Waals surface area contributed by atoms with Crippen LogP contribution >= 0.6 is 11.6 Å². The maximum absolute atomic E-state index is 13.1. The molecule has 0 atom stereocenters. The van der Waals surface area contributed by atoms with Gasteiger partial charge in [-0.3, -0.25) is 18.7 Å². The first kappa shape index (κ1) is 61.2. The Labute approximate surface area is 431 Å². The van der Waals surface area contributed by atoms with Gasteiger partial charge in [-0.25, -0.2) is 15.0 Å². The van der Waals surface area contributed by atoms with Gasteiger partial charge in [0.25, 0.3) is 11.8 Å². The van der Waals surface area contributed by atoms with Crippen LogP contribution in [-0.2, 0) is 36.0 Å². The number of ether oxygens (including phenoxy) is 2. The van der Waals surface area contributed by atoms with E-state index in [0.29, 0.717) is 61.4 Å². The van der Waals surface area contributed by atoms with E-state index in [4.69, 9.17) is 37.9 Å². The molecule has 72 heavy (non-hydrogen) atoms. The van der Waals surface area contributed by atoms with E-state index in [1.54, 1.807) is 42.8 Å². The van der Waals surface area contributed by atoms with Gasteiger partial charge in [0.15, 0.2) is 17.3 Å². The quantitative estimate of drug-likeness (QED) is 0.101. The van der Waals surface area contributed by atoms with E-state index in [0.717, 1.165) is 42.7 Å². The first-order chi connectivity index (χ1) is 33.6. The van der Waals surface area contributed by atoms with Gasteiger partial charge in [0.2, 0.25) is 0 Å². The number of rotatable bonds is 14. The Bertz CT molecular complexity index is 2480. The number of aromatic nitrogens is 5. The molecule has 0 bridgehead atoms. The Kier molecular flexibility index (Phi) is 23.7. The van der Waals surface area contributed by atoms with Gasteiger partial charge in [-0.1, -0.05) is 85.9 Å². The van der Waals surface area contributed by atoms with Gasteiger partial charge in [0.05, 0.1) is 11.3 Å². The number of alkyl halides is 4. The number of nitrogens with zero attached hydrogens (tertiary/aromatic N) is 5. The standard InChI is InChI=1S/C25H35F2N3O3.C24H33ClF2N4O2.2O2S/c1-16-8-10-25(32,11-9-16)15-28-22(31)19-14-30(17(2)29-19)20-7-6-18(13-24(3,4)5)12-21(20)33-23(26)27;1-14-6-8-16(9-7-14)12-29-22(32)19-20(25)31(15(2)30-19)21-18(33-23(26)27)10-17(13-28-21)11-24(3,4)5;2*1-3-2/h6-7,12,14,16,23,32H,8-11,13,15H2,1-5H3,(H,28,31);10,13-14,16,23H,6-9,11-12H2,1-5H3,(H,29,32);;. The second-order valence-corrected chi connectivity index (χ2v) is 21.6. The fourth-order valence-electron chi connectivity index (χ4n) is 8.60. The number of aliphatic hydroxyl groups is 1. The highest BCUT2D eigenvalue weighted by Gasteiger charge is 2.33. The molecule has 3 heterocycles. The molecule has 16 nitrogen and oxygen atoms in total. The second kappa shape index (κ2) is 27.8. The number of amides is 2. The van der Waals surface area contributed by atoms with E-state index in [9.17, 15) is 32.3 Å². The number of carbonyl (C=O) groups is 2. The van der Waals surface area contributed by atoms with Crippen LogP contribution in [0.15, 0.2) is 36.7 Å². The monoisotopic (exact) mass is 1070 g/mol. The molecular formula is C49H68ClF4N7O9S2. The number of halogens is 5. The Morgan fingerprint density at radius 2 is 1.32 bits per heavy atom. The topological polar surface area (TPSA) is 214 Å². The smallest absolute Gasteiger partial charge is 0.387 e. The normalized spacial score (nSPS) is 18.8. The number of aryl methyl sites for hydroxylation is 2. The molecule has 400 valence electrons. The van der Waals surface area contributed by atoms with Crippen molar-refractivity contribution in [3.8, 4) is 23.0 Å². The molecule has 2 fully saturated rings. The van der Waals surface area contributed by atoms with Crippen molar-refractivity contribution in [3.05, 3.63) is 76.0 Å². The van der Waals surface area contributed by atoms with E-state index >= 15 is 0 Å². The molecule has 0 spiro atoms. The van der Waals surface area contributed by atoms with Crippen molar-refractivity contribution >= 4 is 46.6 Å². The van der Waals surface area contributed by atoms with Crippen molar-refractivity contribution in [2.45, 2.75) is 152 Å². The predicted octanol–water partition coefficient (Wildman–Crippen LogP) is 9.68. The minimum absolute atomic E-state index is 0.0115. The molecule has 0 radical (unpaired) electrons. The fourth-order valence-corrected chi connectivity index (χ4v) is 8.93. The second-order valence-electron chi connectivity index (χ2n) is 20.9. The summed E-state index contributed by atoms with van der Waals surface area (Å²) in [6.07, 6.45) is 12.1. The zero-order valence-corrected chi connectivity index (χ0v) is 44.9. The molecule has 0 saturated heterocycles. The zero-order valence-electron chi connectivity index (χ0n) is 42.5. The number of nitrogens with one attached hydrogen (secondary N) is 2. The molecule has 2 aliphatic rings. The highest BCUT2D eigenvalue weighted by molar-refractivity contribution is 7.51. The summed E-state index contributed by atoms with van der Waals surface area (Å²) in [5.74, 6) is 1.77. The Morgan fingerprint density at radius 3 is 1.88 bits per heavy atom. The molecule has 2 amide bonds. The molecule has 1 aromatic carbocycles. The summed E-state index contributed by atoms with van der Waals surface area (Å²) in [6, 6.07) is 6.74. The lowest BCUT2D eigenvalue weighted by molar-refractivity contribution is -0.0507. The van der Waals surface area contributed by atoms with Crippen LogP contribution in [0.25, 0.3) is 11.5 Å². The van der Waals surface area contributed by atoms with E-state index in [-0.39, 0.29) is 57.1 Å². The number of hydrogen-bond donors (Lipinski definition) is 3. The van der Waals surface area contributed by atoms with E-state index in [1.807, 2.05) is 26.8 Å². The predicted molar refractivity (Wildman–Crippen MR) is 265 cm³/mol. The Balaban J connectivity index is 0.000000343. The maximum Gasteiger partial charge on any atom is 0.387 e. The number of hydrogen-bond acceptors (Lipinski definition) is 12. The molecule has 23 heteroatoms. The molecule has 2 saturated carbocycles. The van der Waals surface area contributed by atoms with Gasteiger partial charge in [-0.05, 0) is 123 Å². The summed E-state index contributed by atoms with van der Waals surface area (Å²) >= 11 is 5.01. The minimum Gasteiger partial charge on any atom is -0.433 e. The third-order valence-corrected chi connectivity index (χ3v) is 12.4. The van der Waals surface area contributed by atoms with E-state index < -0.39 is 47.9 Å². The van der Waals surface area contributed by atoms with Gasteiger partial charge in [-0.15, -0.1) is 0 Å². The Morgan fingerprint density at radius 1 is 0.792 bits per heavy atom. The van der Waals surface area contributed by atoms with Crippen molar-refractivity contribution in [1.29, 1.82) is 0 Å². The summed E-state index contributed by atoms with van der Waals surface area (Å²) in [5.41, 5.74) is 1.25. The van der Waals surface area contributed by atoms with Crippen LogP contribution in [0.5, 0.6) is 11.5 Å². The first-order valence-corrected chi connectivity index (χ1v) is 25.3. The highest BCUT2D eigenvalue weighted by atomic mass is 35.5. The van der Waals surface area contributed by atoms with Crippen molar-refractivity contribution in [1.82, 2.24) is 34.7 Å². The van der Waals surface area contributed by atoms with Crippen LogP contribution < -0.4 is 20.1 Å². The summed E-state index contributed by atoms with van der Waals surface area (Å²) in [6.45, 7) is 14.8. The number of pyridine rings is 1. The van der Waals surface area contributed by atoms with Gasteiger partial charge in [0, 0.05) is 25.5 Å². The number of carbonyl (C=O) groups excluding carboxylic acids is 2. The molecule has 3 N–H and O–H groups in total. The van der Waals surface area contributed by atoms with Gasteiger partial charge >= 0.3 is 36.4 Å². The third kappa shape index (κ3) is 19.8. The molecule has 4 aromatic rings. The maximum atomic E-state index is 13.1. The van der Waals surface area contributed by atoms with Crippen molar-refractivity contribution < 1.29 is 58.6 Å². The average Bonchev–Trinajstić information content (AvgIpc) is 3.80. The Hall–Kier alpha value is -5.06. The van der Waals surface area contributed by atoms with E-state index in [2.05, 4.69) is 60.2 Å². The third-order valence-electron chi connectivity index (χ3n) is 12.1. The zero-order chi connectivity index (χ0) is 54.1. The van der Waals surface area contributed by atoms with Crippen LogP contribution in [-0.4, -0.2) is 89.8 Å². The SMILES string of the molecule is Cc1nc(C(=O)NCC2(O)CCC(C)CC2)cn1-c1ccc(CC(C)(C)C)cc1OC(F)F.Cc1nc(C(=O)NCC2CCC(C)CC2)c(Cl)n1-c1ncc(CC(C)(C)C)cc1OC(F)F.O=S=O.O=S=O. The first-order valence-electron chi connectivity index (χ1n) is 23.6. The van der Waals surface area contributed by atoms with Crippen LogP contribution in [0.1, 0.15) is 151 Å². The lowest BCUT2D eigenvalue weighted by Gasteiger charge is -2.34. The number of benzene rings is 1. The summed E-state index contributed by atoms with van der Waals surface area (Å²) in [4.78, 5) is 38.5. The molecule has 0 aliphatic heterocycles. The summed E-state index contributed by atoms with van der Waals surface area (Å²) < 4.78 is 98.2. The van der Waals surface area contributed by atoms with Crippen molar-refractivity contribution in [2.24, 2.45) is 28.6 Å². The summed E-state index contributed by atoms with van der Waals surface area (Å²) in [5, 5.41) is 16.4. The van der Waals surface area contributed by atoms with Crippen molar-refractivity contribution in [3.63, 3.8) is 0 Å². The summed E-state index contributed by atoms with van der Waals surface area (Å²) in [7, 11) is 0. The van der Waals surface area contributed by atoms with Gasteiger partial charge in [-0.2, -0.15) is 34.4 Å². The molecule has 2 aliphatic carbocycles. The highest BCUT2D eigenvalue weighted by Crippen LogP contribution is 2.35. The molecule has 0 unspecified atom stereocenters. The van der Waals surface area contributed by atoms with Gasteiger partial charge in [0.1, 0.15) is 28.2 Å². The largest absolute Gasteiger partial charge is 0.433 e. The van der Waals surface area contributed by atoms with E-state index in [1.165, 1.54) is 23.6 Å². The van der Waals surface area contributed by atoms with Crippen LogP contribution in [0.3, 0.4) is 0 Å². The minimum atomic E-state index is -3.03. The van der Waals surface area contributed by atoms with Crippen LogP contribution in [0.2, 0.25) is 5.15 Å². The van der Waals surface area contributed by atoms with Crippen LogP contribution in [0.4, 0.5) is 17.6 Å². The molecule has 3 aromatic heterocycles. The molecular weight excluding hydrogens is 1010 g/mol. The van der Waals surface area contributed by atoms with Crippen LogP contribution in [0, 0.1) is 42.4 Å². The van der Waals surface area contributed by atoms with Gasteiger partial charge < -0.3 is 25.2 Å².